The summed E-state index contributed by atoms with van der Waals surface area (Å²) in [5.41, 5.74) is 2.21. The SMILES string of the molecule is Cc1c(NC(=O)NCc2ccc3c(c2)OCO3)c(=O)n(-c2ccccc2)n1C. The van der Waals surface area contributed by atoms with Crippen molar-refractivity contribution < 1.29 is 14.3 Å². The first-order valence-electron chi connectivity index (χ1n) is 8.82. The fraction of sp³-hybridized carbons (Fsp3) is 0.200. The van der Waals surface area contributed by atoms with Crippen LogP contribution in [0.3, 0.4) is 0 Å². The molecule has 8 nitrogen and oxygen atoms in total. The summed E-state index contributed by atoms with van der Waals surface area (Å²) in [6.07, 6.45) is 0. The number of benzene rings is 2. The molecule has 1 aliphatic rings. The maximum atomic E-state index is 12.8. The van der Waals surface area contributed by atoms with Crippen molar-refractivity contribution in [2.75, 3.05) is 12.1 Å². The Morgan fingerprint density at radius 1 is 1.11 bits per heavy atom. The fourth-order valence-electron chi connectivity index (χ4n) is 3.10. The van der Waals surface area contributed by atoms with Crippen LogP contribution in [0, 0.1) is 6.92 Å². The van der Waals surface area contributed by atoms with E-state index in [-0.39, 0.29) is 18.0 Å². The molecule has 28 heavy (non-hydrogen) atoms. The molecule has 2 N–H and O–H groups in total. The minimum Gasteiger partial charge on any atom is -0.454 e. The lowest BCUT2D eigenvalue weighted by molar-refractivity contribution is 0.174. The molecule has 0 radical (unpaired) electrons. The molecule has 1 aliphatic heterocycles. The van der Waals surface area contributed by atoms with Crippen molar-refractivity contribution in [2.45, 2.75) is 13.5 Å². The molecule has 0 bridgehead atoms. The first-order chi connectivity index (χ1) is 13.5. The number of urea groups is 1. The Hall–Kier alpha value is -3.68. The average molecular weight is 380 g/mol. The molecule has 0 atom stereocenters. The Bertz CT molecular complexity index is 1090. The van der Waals surface area contributed by atoms with E-state index in [2.05, 4.69) is 10.6 Å². The molecule has 144 valence electrons. The molecule has 0 saturated heterocycles. The number of carbonyl (C=O) groups is 1. The van der Waals surface area contributed by atoms with E-state index in [1.54, 1.807) is 24.7 Å². The van der Waals surface area contributed by atoms with Gasteiger partial charge in [0.15, 0.2) is 11.5 Å². The molecule has 0 saturated carbocycles. The number of ether oxygens (including phenoxy) is 2. The highest BCUT2D eigenvalue weighted by Crippen LogP contribution is 2.32. The predicted octanol–water partition coefficient (Wildman–Crippen LogP) is 2.53. The van der Waals surface area contributed by atoms with Crippen LogP contribution in [0.4, 0.5) is 10.5 Å². The quantitative estimate of drug-likeness (QED) is 0.728. The van der Waals surface area contributed by atoms with Crippen LogP contribution in [0.5, 0.6) is 11.5 Å². The lowest BCUT2D eigenvalue weighted by Gasteiger charge is -2.08. The Morgan fingerprint density at radius 3 is 2.64 bits per heavy atom. The Morgan fingerprint density at radius 2 is 1.86 bits per heavy atom. The molecule has 8 heteroatoms. The monoisotopic (exact) mass is 380 g/mol. The van der Waals surface area contributed by atoms with E-state index in [0.717, 1.165) is 11.3 Å². The van der Waals surface area contributed by atoms with Crippen LogP contribution in [0.2, 0.25) is 0 Å². The average Bonchev–Trinajstić information content (AvgIpc) is 3.25. The normalized spacial score (nSPS) is 12.1. The summed E-state index contributed by atoms with van der Waals surface area (Å²) >= 11 is 0. The first kappa shape index (κ1) is 17.7. The minimum absolute atomic E-state index is 0.202. The van der Waals surface area contributed by atoms with Crippen molar-refractivity contribution in [2.24, 2.45) is 7.05 Å². The Kier molecular flexibility index (Phi) is 4.52. The van der Waals surface area contributed by atoms with Crippen LogP contribution in [0.25, 0.3) is 5.69 Å². The summed E-state index contributed by atoms with van der Waals surface area (Å²) in [6, 6.07) is 14.3. The van der Waals surface area contributed by atoms with Gasteiger partial charge in [0.25, 0.3) is 5.56 Å². The van der Waals surface area contributed by atoms with Crippen LogP contribution >= 0.6 is 0 Å². The van der Waals surface area contributed by atoms with Gasteiger partial charge in [-0.2, -0.15) is 0 Å². The van der Waals surface area contributed by atoms with Crippen molar-refractivity contribution >= 4 is 11.7 Å². The summed E-state index contributed by atoms with van der Waals surface area (Å²) in [5, 5.41) is 5.43. The first-order valence-corrected chi connectivity index (χ1v) is 8.82. The van der Waals surface area contributed by atoms with Gasteiger partial charge in [-0.25, -0.2) is 9.48 Å². The zero-order valence-corrected chi connectivity index (χ0v) is 15.6. The van der Waals surface area contributed by atoms with E-state index >= 15 is 0 Å². The number of hydrogen-bond acceptors (Lipinski definition) is 4. The van der Waals surface area contributed by atoms with Crippen molar-refractivity contribution in [3.05, 3.63) is 70.1 Å². The zero-order valence-electron chi connectivity index (χ0n) is 15.6. The van der Waals surface area contributed by atoms with E-state index in [1.807, 2.05) is 42.5 Å². The van der Waals surface area contributed by atoms with E-state index < -0.39 is 6.03 Å². The minimum atomic E-state index is -0.455. The van der Waals surface area contributed by atoms with Crippen LogP contribution in [0.1, 0.15) is 11.3 Å². The number of amides is 2. The Labute approximate surface area is 161 Å². The highest BCUT2D eigenvalue weighted by Gasteiger charge is 2.18. The van der Waals surface area contributed by atoms with E-state index in [4.69, 9.17) is 9.47 Å². The molecule has 2 amide bonds. The standard InChI is InChI=1S/C20H20N4O4/c1-13-18(19(25)24(23(13)2)15-6-4-3-5-7-15)22-20(26)21-11-14-8-9-16-17(10-14)28-12-27-16/h3-10H,11-12H2,1-2H3,(H2,21,22,26). The van der Waals surface area contributed by atoms with Gasteiger partial charge in [0.2, 0.25) is 6.79 Å². The second kappa shape index (κ2) is 7.15. The summed E-state index contributed by atoms with van der Waals surface area (Å²) in [4.78, 5) is 25.2. The van der Waals surface area contributed by atoms with Gasteiger partial charge < -0.3 is 20.1 Å². The summed E-state index contributed by atoms with van der Waals surface area (Å²) in [5.74, 6) is 1.35. The summed E-state index contributed by atoms with van der Waals surface area (Å²) in [6.45, 7) is 2.28. The third kappa shape index (κ3) is 3.20. The number of fused-ring (bicyclic) bond motifs is 1. The summed E-state index contributed by atoms with van der Waals surface area (Å²) < 4.78 is 13.8. The van der Waals surface area contributed by atoms with Crippen LogP contribution in [-0.4, -0.2) is 22.2 Å². The van der Waals surface area contributed by atoms with Crippen molar-refractivity contribution in [3.8, 4) is 17.2 Å². The number of hydrogen-bond donors (Lipinski definition) is 2. The van der Waals surface area contributed by atoms with Crippen molar-refractivity contribution in [1.82, 2.24) is 14.7 Å². The van der Waals surface area contributed by atoms with Crippen molar-refractivity contribution in [1.29, 1.82) is 0 Å². The molecular formula is C20H20N4O4. The zero-order chi connectivity index (χ0) is 19.7. The second-order valence-electron chi connectivity index (χ2n) is 6.43. The topological polar surface area (TPSA) is 86.5 Å². The number of rotatable bonds is 4. The van der Waals surface area contributed by atoms with Gasteiger partial charge in [-0.05, 0) is 36.8 Å². The van der Waals surface area contributed by atoms with Gasteiger partial charge in [-0.1, -0.05) is 24.3 Å². The van der Waals surface area contributed by atoms with Gasteiger partial charge in [-0.15, -0.1) is 0 Å². The number of anilines is 1. The molecule has 1 aromatic heterocycles. The third-order valence-corrected chi connectivity index (χ3v) is 4.68. The molecule has 0 unspecified atom stereocenters. The number of nitrogens with one attached hydrogen (secondary N) is 2. The van der Waals surface area contributed by atoms with Crippen LogP contribution < -0.4 is 25.7 Å². The predicted molar refractivity (Wildman–Crippen MR) is 104 cm³/mol. The van der Waals surface area contributed by atoms with Gasteiger partial charge in [0.1, 0.15) is 5.69 Å². The summed E-state index contributed by atoms with van der Waals surface area (Å²) in [7, 11) is 1.78. The van der Waals surface area contributed by atoms with Crippen LogP contribution in [0.15, 0.2) is 53.3 Å². The van der Waals surface area contributed by atoms with Gasteiger partial charge in [0.05, 0.1) is 11.4 Å². The fourth-order valence-corrected chi connectivity index (χ4v) is 3.10. The number of aromatic nitrogens is 2. The highest BCUT2D eigenvalue weighted by molar-refractivity contribution is 5.89. The highest BCUT2D eigenvalue weighted by atomic mass is 16.7. The maximum Gasteiger partial charge on any atom is 0.319 e. The maximum absolute atomic E-state index is 12.8. The lowest BCUT2D eigenvalue weighted by Crippen LogP contribution is -2.31. The number of carbonyl (C=O) groups excluding carboxylic acids is 1. The van der Waals surface area contributed by atoms with Gasteiger partial charge >= 0.3 is 6.03 Å². The largest absolute Gasteiger partial charge is 0.454 e. The number of nitrogens with zero attached hydrogens (tertiary/aromatic N) is 2. The van der Waals surface area contributed by atoms with E-state index in [9.17, 15) is 9.59 Å². The van der Waals surface area contributed by atoms with E-state index in [1.165, 1.54) is 4.68 Å². The van der Waals surface area contributed by atoms with Crippen molar-refractivity contribution in [3.63, 3.8) is 0 Å². The van der Waals surface area contributed by atoms with Gasteiger partial charge in [0, 0.05) is 13.6 Å². The Balaban J connectivity index is 1.48. The molecule has 0 fully saturated rings. The second-order valence-corrected chi connectivity index (χ2v) is 6.43. The number of para-hydroxylation sites is 1. The molecule has 4 rings (SSSR count). The molecule has 2 aromatic carbocycles. The van der Waals surface area contributed by atoms with Crippen LogP contribution in [-0.2, 0) is 13.6 Å². The third-order valence-electron chi connectivity index (χ3n) is 4.68. The smallest absolute Gasteiger partial charge is 0.319 e. The van der Waals surface area contributed by atoms with Gasteiger partial charge in [-0.3, -0.25) is 9.48 Å². The molecule has 0 spiro atoms. The lowest BCUT2D eigenvalue weighted by atomic mass is 10.2. The molecular weight excluding hydrogens is 360 g/mol. The molecule has 2 heterocycles. The molecule has 3 aromatic rings. The van der Waals surface area contributed by atoms with E-state index in [0.29, 0.717) is 23.7 Å². The molecule has 0 aliphatic carbocycles.